The highest BCUT2D eigenvalue weighted by Crippen LogP contribution is 2.36. The summed E-state index contributed by atoms with van der Waals surface area (Å²) in [6, 6.07) is 20.1. The molecule has 0 saturated carbocycles. The van der Waals surface area contributed by atoms with E-state index < -0.39 is 35.5 Å². The van der Waals surface area contributed by atoms with Crippen LogP contribution in [0.4, 0.5) is 11.4 Å². The molecule has 0 saturated heterocycles. The van der Waals surface area contributed by atoms with Gasteiger partial charge in [0, 0.05) is 17.3 Å². The zero-order valence-corrected chi connectivity index (χ0v) is 24.6. The van der Waals surface area contributed by atoms with Gasteiger partial charge in [-0.25, -0.2) is 9.59 Å². The lowest BCUT2D eigenvalue weighted by Gasteiger charge is -2.30. The van der Waals surface area contributed by atoms with Crippen molar-refractivity contribution in [1.29, 1.82) is 0 Å². The number of aromatic nitrogens is 2. The number of nitrogens with one attached hydrogen (secondary N) is 3. The summed E-state index contributed by atoms with van der Waals surface area (Å²) >= 11 is 0. The number of fused-ring (bicyclic) bond motifs is 1. The third kappa shape index (κ3) is 7.44. The highest BCUT2D eigenvalue weighted by molar-refractivity contribution is 6.07. The summed E-state index contributed by atoms with van der Waals surface area (Å²) in [6.45, 7) is 3.37. The molecule has 2 atom stereocenters. The molecule has 1 aliphatic rings. The maximum atomic E-state index is 13.5. The van der Waals surface area contributed by atoms with Gasteiger partial charge in [-0.15, -0.1) is 0 Å². The fourth-order valence-corrected chi connectivity index (χ4v) is 4.78. The molecule has 13 nitrogen and oxygen atoms in total. The minimum absolute atomic E-state index is 0.100. The Morgan fingerprint density at radius 2 is 1.76 bits per heavy atom. The zero-order valence-electron chi connectivity index (χ0n) is 24.6. The van der Waals surface area contributed by atoms with Gasteiger partial charge >= 0.3 is 11.7 Å². The molecule has 13 heteroatoms. The quantitative estimate of drug-likeness (QED) is 0.170. The van der Waals surface area contributed by atoms with Gasteiger partial charge in [-0.2, -0.15) is 0 Å². The highest BCUT2D eigenvalue weighted by Gasteiger charge is 2.31. The number of rotatable bonds is 11. The summed E-state index contributed by atoms with van der Waals surface area (Å²) in [6.07, 6.45) is 0.100. The minimum Gasteiger partial charge on any atom is -0.481 e. The summed E-state index contributed by atoms with van der Waals surface area (Å²) in [4.78, 5) is 66.9. The Morgan fingerprint density at radius 3 is 2.44 bits per heavy atom. The van der Waals surface area contributed by atoms with Crippen molar-refractivity contribution in [2.24, 2.45) is 5.92 Å². The van der Waals surface area contributed by atoms with Crippen molar-refractivity contribution in [2.45, 2.75) is 32.9 Å². The third-order valence-electron chi connectivity index (χ3n) is 7.09. The second-order valence-electron chi connectivity index (χ2n) is 10.3. The Morgan fingerprint density at radius 1 is 1.00 bits per heavy atom. The van der Waals surface area contributed by atoms with Crippen LogP contribution in [-0.4, -0.2) is 53.1 Å². The predicted molar refractivity (Wildman–Crippen MR) is 162 cm³/mol. The number of benzene rings is 3. The number of ether oxygens (including phenoxy) is 2. The number of H-pyrrole nitrogens is 1. The van der Waals surface area contributed by atoms with E-state index in [0.29, 0.717) is 28.5 Å². The molecule has 0 bridgehead atoms. The molecule has 3 amide bonds. The van der Waals surface area contributed by atoms with E-state index in [1.165, 1.54) is 6.92 Å². The molecule has 45 heavy (non-hydrogen) atoms. The van der Waals surface area contributed by atoms with Gasteiger partial charge < -0.3 is 25.0 Å². The molecule has 5 rings (SSSR count). The molecule has 1 aliphatic heterocycles. The maximum absolute atomic E-state index is 13.5. The minimum atomic E-state index is -1.16. The normalized spacial score (nSPS) is 13.6. The van der Waals surface area contributed by atoms with Gasteiger partial charge in [-0.05, 0) is 43.5 Å². The van der Waals surface area contributed by atoms with Crippen LogP contribution in [0.15, 0.2) is 82.1 Å². The van der Waals surface area contributed by atoms with Crippen molar-refractivity contribution in [3.63, 3.8) is 0 Å². The Hall–Kier alpha value is -5.72. The van der Waals surface area contributed by atoms with Crippen LogP contribution in [0.2, 0.25) is 0 Å². The number of carbonyl (C=O) groups is 4. The van der Waals surface area contributed by atoms with Gasteiger partial charge in [0.05, 0.1) is 18.8 Å². The van der Waals surface area contributed by atoms with E-state index in [9.17, 15) is 24.0 Å². The molecular weight excluding hydrogens is 582 g/mol. The molecule has 0 spiro atoms. The van der Waals surface area contributed by atoms with Crippen molar-refractivity contribution in [1.82, 2.24) is 15.5 Å². The van der Waals surface area contributed by atoms with Gasteiger partial charge in [0.1, 0.15) is 17.7 Å². The number of amides is 3. The largest absolute Gasteiger partial charge is 0.481 e. The molecular formula is C32H31N5O8. The van der Waals surface area contributed by atoms with Gasteiger partial charge in [-0.3, -0.25) is 23.9 Å². The smallest absolute Gasteiger partial charge is 0.439 e. The average Bonchev–Trinajstić information content (AvgIpc) is 3.48. The molecule has 0 fully saturated rings. The Kier molecular flexibility index (Phi) is 9.37. The maximum Gasteiger partial charge on any atom is 0.439 e. The van der Waals surface area contributed by atoms with Crippen molar-refractivity contribution < 1.29 is 33.2 Å². The van der Waals surface area contributed by atoms with Crippen LogP contribution in [-0.2, 0) is 36.9 Å². The van der Waals surface area contributed by atoms with E-state index >= 15 is 0 Å². The van der Waals surface area contributed by atoms with Crippen molar-refractivity contribution in [2.75, 3.05) is 23.4 Å². The monoisotopic (exact) mass is 613 g/mol. The van der Waals surface area contributed by atoms with E-state index in [1.807, 2.05) is 30.3 Å². The van der Waals surface area contributed by atoms with Gasteiger partial charge in [0.25, 0.3) is 5.91 Å². The topological polar surface area (TPSA) is 173 Å². The summed E-state index contributed by atoms with van der Waals surface area (Å²) in [7, 11) is 0. The third-order valence-corrected chi connectivity index (χ3v) is 7.09. The molecule has 0 radical (unpaired) electrons. The van der Waals surface area contributed by atoms with Crippen molar-refractivity contribution >= 4 is 35.1 Å². The Labute approximate surface area is 257 Å². The zero-order chi connectivity index (χ0) is 31.9. The molecule has 4 aromatic rings. The summed E-state index contributed by atoms with van der Waals surface area (Å²) in [5.74, 6) is -3.18. The van der Waals surface area contributed by atoms with E-state index in [2.05, 4.69) is 25.3 Å². The van der Waals surface area contributed by atoms with E-state index in [0.717, 1.165) is 11.1 Å². The molecule has 2 heterocycles. The van der Waals surface area contributed by atoms with Crippen LogP contribution < -0.4 is 26.0 Å². The van der Waals surface area contributed by atoms with E-state index in [4.69, 9.17) is 9.47 Å². The predicted octanol–water partition coefficient (Wildman–Crippen LogP) is 2.82. The Balaban J connectivity index is 1.31. The molecule has 1 unspecified atom stereocenters. The number of esters is 1. The van der Waals surface area contributed by atoms with Crippen LogP contribution in [0.25, 0.3) is 11.4 Å². The summed E-state index contributed by atoms with van der Waals surface area (Å²) < 4.78 is 15.2. The van der Waals surface area contributed by atoms with E-state index in [1.54, 1.807) is 54.3 Å². The van der Waals surface area contributed by atoms with Crippen LogP contribution >= 0.6 is 0 Å². The fraction of sp³-hybridized carbons (Fsp3) is 0.250. The highest BCUT2D eigenvalue weighted by atomic mass is 16.5. The number of anilines is 2. The lowest BCUT2D eigenvalue weighted by molar-refractivity contribution is -0.148. The summed E-state index contributed by atoms with van der Waals surface area (Å²) in [5, 5.41) is 9.04. The number of carbonyl (C=O) groups excluding carboxylic acids is 4. The van der Waals surface area contributed by atoms with Crippen LogP contribution in [0.5, 0.6) is 5.75 Å². The van der Waals surface area contributed by atoms with Gasteiger partial charge in [-0.1, -0.05) is 59.8 Å². The number of aromatic amines is 1. The lowest BCUT2D eigenvalue weighted by Crippen LogP contribution is -2.46. The first-order valence-electron chi connectivity index (χ1n) is 14.3. The second-order valence-corrected chi connectivity index (χ2v) is 10.3. The molecule has 3 N–H and O–H groups in total. The van der Waals surface area contributed by atoms with Crippen molar-refractivity contribution in [3.8, 4) is 17.1 Å². The second kappa shape index (κ2) is 13.7. The number of hydrogen-bond donors (Lipinski definition) is 3. The molecule has 232 valence electrons. The van der Waals surface area contributed by atoms with Crippen LogP contribution in [0.1, 0.15) is 25.0 Å². The van der Waals surface area contributed by atoms with E-state index in [-0.39, 0.29) is 32.1 Å². The van der Waals surface area contributed by atoms with Crippen LogP contribution in [0, 0.1) is 5.92 Å². The van der Waals surface area contributed by atoms with Gasteiger partial charge in [0.15, 0.2) is 12.4 Å². The first kappa shape index (κ1) is 30.7. The number of nitrogens with zero attached hydrogens (tertiary/aromatic N) is 2. The Bertz CT molecular complexity index is 1750. The summed E-state index contributed by atoms with van der Waals surface area (Å²) in [5.41, 5.74) is 3.10. The van der Waals surface area contributed by atoms with Crippen molar-refractivity contribution in [3.05, 3.63) is 94.5 Å². The first-order valence-corrected chi connectivity index (χ1v) is 14.3. The lowest BCUT2D eigenvalue weighted by atomic mass is 9.97. The average molecular weight is 614 g/mol. The standard InChI is InChI=1S/C32H31N5O8/c1-3-43-31(41)19(2)33-29(39)24(15-20-7-5-4-6-8-20)30(40)34-23-13-14-25-26(16-23)44-18-27(38)37(25)17-21-9-11-22(12-10-21)28-35-32(42)45-36-28/h4-14,16,19,24H,3,15,17-18H2,1-2H3,(H,33,39)(H,34,40)(H,35,36,42)/t19-,24?/m0/s1. The molecule has 3 aromatic carbocycles. The van der Waals surface area contributed by atoms with Crippen LogP contribution in [0.3, 0.4) is 0 Å². The fourth-order valence-electron chi connectivity index (χ4n) is 4.78. The van der Waals surface area contributed by atoms with Gasteiger partial charge in [0.2, 0.25) is 11.8 Å². The number of hydrogen-bond acceptors (Lipinski definition) is 9. The molecule has 0 aliphatic carbocycles. The first-order chi connectivity index (χ1) is 21.7. The molecule has 1 aromatic heterocycles. The SMILES string of the molecule is CCOC(=O)[C@H](C)NC(=O)C(Cc1ccccc1)C(=O)Nc1ccc2c(c1)OCC(=O)N2Cc1ccc(-c2noc(=O)[nH]2)cc1.